The number of nitrogens with one attached hydrogen (secondary N) is 3. The van der Waals surface area contributed by atoms with Gasteiger partial charge in [-0.3, -0.25) is 9.59 Å². The van der Waals surface area contributed by atoms with E-state index in [2.05, 4.69) is 15.6 Å². The van der Waals surface area contributed by atoms with Crippen molar-refractivity contribution < 1.29 is 14.3 Å². The molecule has 3 aromatic rings. The highest BCUT2D eigenvalue weighted by atomic mass is 16.5. The molecule has 128 valence electrons. The first-order valence-electron chi connectivity index (χ1n) is 7.83. The predicted molar refractivity (Wildman–Crippen MR) is 98.3 cm³/mol. The minimum Gasteiger partial charge on any atom is -0.497 e. The van der Waals surface area contributed by atoms with Gasteiger partial charge in [-0.05, 0) is 37.3 Å². The second-order valence-electron chi connectivity index (χ2n) is 5.75. The molecule has 0 aliphatic heterocycles. The monoisotopic (exact) mass is 337 g/mol. The van der Waals surface area contributed by atoms with Gasteiger partial charge >= 0.3 is 0 Å². The molecule has 0 spiro atoms. The molecule has 1 heterocycles. The number of benzene rings is 2. The van der Waals surface area contributed by atoms with Crippen LogP contribution >= 0.6 is 0 Å². The molecule has 25 heavy (non-hydrogen) atoms. The Morgan fingerprint density at radius 3 is 2.44 bits per heavy atom. The van der Waals surface area contributed by atoms with Gasteiger partial charge in [0.05, 0.1) is 18.2 Å². The fraction of sp³-hybridized carbons (Fsp3) is 0.158. The molecular weight excluding hydrogens is 318 g/mol. The largest absolute Gasteiger partial charge is 0.497 e. The summed E-state index contributed by atoms with van der Waals surface area (Å²) in [6, 6.07) is 12.6. The number of anilines is 2. The molecule has 0 saturated carbocycles. The third-order valence-corrected chi connectivity index (χ3v) is 3.86. The maximum Gasteiger partial charge on any atom is 0.258 e. The molecule has 1 aromatic heterocycles. The molecule has 0 unspecified atom stereocenters. The summed E-state index contributed by atoms with van der Waals surface area (Å²) in [5.74, 6) is 0.350. The number of aromatic nitrogens is 1. The summed E-state index contributed by atoms with van der Waals surface area (Å²) in [6.45, 7) is 3.30. The molecule has 2 aromatic carbocycles. The van der Waals surface area contributed by atoms with Crippen LogP contribution in [0.4, 0.5) is 11.4 Å². The average Bonchev–Trinajstić information content (AvgIpc) is 2.89. The lowest BCUT2D eigenvalue weighted by molar-refractivity contribution is -0.114. The molecule has 0 bridgehead atoms. The van der Waals surface area contributed by atoms with Gasteiger partial charge in [-0.15, -0.1) is 0 Å². The second kappa shape index (κ2) is 6.68. The van der Waals surface area contributed by atoms with Crippen LogP contribution in [0.1, 0.15) is 23.0 Å². The first kappa shape index (κ1) is 16.6. The van der Waals surface area contributed by atoms with Gasteiger partial charge < -0.3 is 20.4 Å². The molecule has 6 nitrogen and oxygen atoms in total. The normalized spacial score (nSPS) is 10.5. The summed E-state index contributed by atoms with van der Waals surface area (Å²) in [5.41, 5.74) is 3.44. The van der Waals surface area contributed by atoms with E-state index in [9.17, 15) is 9.59 Å². The van der Waals surface area contributed by atoms with Crippen LogP contribution < -0.4 is 15.4 Å². The van der Waals surface area contributed by atoms with E-state index in [1.54, 1.807) is 31.4 Å². The van der Waals surface area contributed by atoms with Gasteiger partial charge in [0.1, 0.15) is 5.75 Å². The number of H-pyrrole nitrogens is 1. The zero-order chi connectivity index (χ0) is 18.0. The maximum atomic E-state index is 12.7. The highest BCUT2D eigenvalue weighted by Gasteiger charge is 2.16. The van der Waals surface area contributed by atoms with Gasteiger partial charge in [0.25, 0.3) is 5.91 Å². The van der Waals surface area contributed by atoms with Crippen molar-refractivity contribution in [2.45, 2.75) is 13.8 Å². The quantitative estimate of drug-likeness (QED) is 0.679. The number of methoxy groups -OCH3 is 1. The number of hydrogen-bond donors (Lipinski definition) is 3. The number of carbonyl (C=O) groups excluding carboxylic acids is 2. The Morgan fingerprint density at radius 2 is 1.76 bits per heavy atom. The minimum absolute atomic E-state index is 0.162. The van der Waals surface area contributed by atoms with Gasteiger partial charge in [-0.2, -0.15) is 0 Å². The third kappa shape index (κ3) is 3.47. The standard InChI is InChI=1S/C19H19N3O3/c1-11-18(16-8-7-15(25-3)10-17(16)20-11)19(24)22-14-6-4-5-13(9-14)21-12(2)23/h4-10,20H,1-3H3,(H,21,23)(H,22,24). The number of amides is 2. The smallest absolute Gasteiger partial charge is 0.258 e. The van der Waals surface area contributed by atoms with Crippen LogP contribution in [0.2, 0.25) is 0 Å². The van der Waals surface area contributed by atoms with E-state index in [1.807, 2.05) is 25.1 Å². The van der Waals surface area contributed by atoms with Gasteiger partial charge in [-0.25, -0.2) is 0 Å². The van der Waals surface area contributed by atoms with Crippen molar-refractivity contribution in [1.29, 1.82) is 0 Å². The number of hydrogen-bond acceptors (Lipinski definition) is 3. The average molecular weight is 337 g/mol. The fourth-order valence-corrected chi connectivity index (χ4v) is 2.80. The first-order valence-corrected chi connectivity index (χ1v) is 7.83. The van der Waals surface area contributed by atoms with Crippen molar-refractivity contribution in [2.24, 2.45) is 0 Å². The minimum atomic E-state index is -0.214. The van der Waals surface area contributed by atoms with Crippen molar-refractivity contribution in [2.75, 3.05) is 17.7 Å². The van der Waals surface area contributed by atoms with Gasteiger partial charge in [0.15, 0.2) is 0 Å². The van der Waals surface area contributed by atoms with Crippen LogP contribution in [-0.2, 0) is 4.79 Å². The van der Waals surface area contributed by atoms with E-state index in [0.29, 0.717) is 16.9 Å². The molecule has 3 N–H and O–H groups in total. The highest BCUT2D eigenvalue weighted by Crippen LogP contribution is 2.27. The Labute approximate surface area is 145 Å². The Kier molecular flexibility index (Phi) is 4.43. The highest BCUT2D eigenvalue weighted by molar-refractivity contribution is 6.14. The number of aromatic amines is 1. The summed E-state index contributed by atoms with van der Waals surface area (Å²) in [5, 5.41) is 6.40. The summed E-state index contributed by atoms with van der Waals surface area (Å²) in [4.78, 5) is 27.1. The molecule has 0 atom stereocenters. The lowest BCUT2D eigenvalue weighted by atomic mass is 10.1. The van der Waals surface area contributed by atoms with Crippen LogP contribution in [-0.4, -0.2) is 23.9 Å². The molecule has 0 fully saturated rings. The van der Waals surface area contributed by atoms with E-state index < -0.39 is 0 Å². The Balaban J connectivity index is 1.90. The van der Waals surface area contributed by atoms with Gasteiger partial charge in [0.2, 0.25) is 5.91 Å². The molecule has 6 heteroatoms. The van der Waals surface area contributed by atoms with E-state index in [-0.39, 0.29) is 11.8 Å². The third-order valence-electron chi connectivity index (χ3n) is 3.86. The summed E-state index contributed by atoms with van der Waals surface area (Å²) >= 11 is 0. The summed E-state index contributed by atoms with van der Waals surface area (Å²) in [7, 11) is 1.60. The topological polar surface area (TPSA) is 83.2 Å². The fourth-order valence-electron chi connectivity index (χ4n) is 2.80. The number of fused-ring (bicyclic) bond motifs is 1. The Bertz CT molecular complexity index is 960. The van der Waals surface area contributed by atoms with Crippen LogP contribution in [0.5, 0.6) is 5.75 Å². The molecule has 0 aliphatic carbocycles. The zero-order valence-electron chi connectivity index (χ0n) is 14.3. The second-order valence-corrected chi connectivity index (χ2v) is 5.75. The number of rotatable bonds is 4. The van der Waals surface area contributed by atoms with Crippen molar-refractivity contribution >= 4 is 34.1 Å². The lowest BCUT2D eigenvalue weighted by Crippen LogP contribution is -2.13. The maximum absolute atomic E-state index is 12.7. The summed E-state index contributed by atoms with van der Waals surface area (Å²) < 4.78 is 5.22. The van der Waals surface area contributed by atoms with E-state index in [1.165, 1.54) is 6.92 Å². The van der Waals surface area contributed by atoms with Crippen LogP contribution in [0, 0.1) is 6.92 Å². The summed E-state index contributed by atoms with van der Waals surface area (Å²) in [6.07, 6.45) is 0. The SMILES string of the molecule is COc1ccc2c(C(=O)Nc3cccc(NC(C)=O)c3)c(C)[nH]c2c1. The van der Waals surface area contributed by atoms with Crippen LogP contribution in [0.25, 0.3) is 10.9 Å². The lowest BCUT2D eigenvalue weighted by Gasteiger charge is -2.08. The number of ether oxygens (including phenoxy) is 1. The predicted octanol–water partition coefficient (Wildman–Crippen LogP) is 3.70. The van der Waals surface area contributed by atoms with Crippen molar-refractivity contribution in [3.63, 3.8) is 0 Å². The Morgan fingerprint density at radius 1 is 1.04 bits per heavy atom. The van der Waals surface area contributed by atoms with Crippen molar-refractivity contribution in [3.05, 3.63) is 53.7 Å². The number of aryl methyl sites for hydroxylation is 1. The molecule has 0 saturated heterocycles. The zero-order valence-corrected chi connectivity index (χ0v) is 14.3. The molecule has 3 rings (SSSR count). The van der Waals surface area contributed by atoms with Gasteiger partial charge in [-0.1, -0.05) is 6.07 Å². The van der Waals surface area contributed by atoms with Gasteiger partial charge in [0, 0.05) is 35.4 Å². The van der Waals surface area contributed by atoms with Crippen molar-refractivity contribution in [1.82, 2.24) is 4.98 Å². The Hall–Kier alpha value is -3.28. The first-order chi connectivity index (χ1) is 12.0. The molecular formula is C19H19N3O3. The van der Waals surface area contributed by atoms with E-state index in [0.717, 1.165) is 22.3 Å². The van der Waals surface area contributed by atoms with E-state index in [4.69, 9.17) is 4.74 Å². The molecule has 0 aliphatic rings. The van der Waals surface area contributed by atoms with Crippen LogP contribution in [0.15, 0.2) is 42.5 Å². The van der Waals surface area contributed by atoms with E-state index >= 15 is 0 Å². The molecule has 0 radical (unpaired) electrons. The van der Waals surface area contributed by atoms with Crippen LogP contribution in [0.3, 0.4) is 0 Å². The van der Waals surface area contributed by atoms with Crippen molar-refractivity contribution in [3.8, 4) is 5.75 Å². The molecule has 2 amide bonds. The number of carbonyl (C=O) groups is 2.